The summed E-state index contributed by atoms with van der Waals surface area (Å²) in [7, 11) is -3.62. The molecule has 1 aliphatic heterocycles. The molecule has 2 aromatic heterocycles. The lowest BCUT2D eigenvalue weighted by molar-refractivity contribution is 0.339. The number of nitriles is 1. The SMILES string of the molecule is C[C@@H]1CN(Cc2cnc[nH]2)c2ccc(C#N)cc2CN1S(=O)(=O)c1cccs1. The van der Waals surface area contributed by atoms with E-state index >= 15 is 0 Å². The highest BCUT2D eigenvalue weighted by Crippen LogP contribution is 2.33. The smallest absolute Gasteiger partial charge is 0.253 e. The van der Waals surface area contributed by atoms with Crippen LogP contribution in [0.4, 0.5) is 5.69 Å². The molecule has 4 rings (SSSR count). The summed E-state index contributed by atoms with van der Waals surface area (Å²) < 4.78 is 28.3. The molecule has 1 atom stereocenters. The van der Waals surface area contributed by atoms with Crippen molar-refractivity contribution in [2.45, 2.75) is 30.3 Å². The summed E-state index contributed by atoms with van der Waals surface area (Å²) >= 11 is 1.22. The standard InChI is InChI=1S/C19H19N5O2S2/c1-14-10-23(12-17-9-21-13-22-17)18-5-4-15(8-20)7-16(18)11-24(14)28(25,26)19-3-2-6-27-19/h2-7,9,13-14H,10-12H2,1H3,(H,21,22)/t14-/m1/s1. The van der Waals surface area contributed by atoms with Crippen LogP contribution in [-0.2, 0) is 23.1 Å². The Morgan fingerprint density at radius 2 is 2.25 bits per heavy atom. The van der Waals surface area contributed by atoms with E-state index in [1.54, 1.807) is 42.2 Å². The maximum Gasteiger partial charge on any atom is 0.253 e. The average molecular weight is 414 g/mol. The van der Waals surface area contributed by atoms with Crippen LogP contribution < -0.4 is 4.90 Å². The van der Waals surface area contributed by atoms with E-state index in [1.165, 1.54) is 15.6 Å². The van der Waals surface area contributed by atoms with Crippen molar-refractivity contribution in [1.82, 2.24) is 14.3 Å². The first-order valence-electron chi connectivity index (χ1n) is 8.79. The topological polar surface area (TPSA) is 93.1 Å². The number of thiophene rings is 1. The Morgan fingerprint density at radius 3 is 2.93 bits per heavy atom. The van der Waals surface area contributed by atoms with Gasteiger partial charge in [-0.3, -0.25) is 0 Å². The van der Waals surface area contributed by atoms with E-state index in [-0.39, 0.29) is 12.6 Å². The molecule has 144 valence electrons. The van der Waals surface area contributed by atoms with E-state index in [0.29, 0.717) is 22.9 Å². The van der Waals surface area contributed by atoms with E-state index in [2.05, 4.69) is 20.9 Å². The first kappa shape index (κ1) is 18.7. The van der Waals surface area contributed by atoms with Gasteiger partial charge in [0.25, 0.3) is 10.0 Å². The van der Waals surface area contributed by atoms with Crippen LogP contribution >= 0.6 is 11.3 Å². The summed E-state index contributed by atoms with van der Waals surface area (Å²) in [5.74, 6) is 0. The molecule has 3 heterocycles. The Bertz CT molecular complexity index is 1100. The van der Waals surface area contributed by atoms with Crippen molar-refractivity contribution in [2.24, 2.45) is 0 Å². The summed E-state index contributed by atoms with van der Waals surface area (Å²) in [6.45, 7) is 3.26. The van der Waals surface area contributed by atoms with Crippen molar-refractivity contribution in [3.63, 3.8) is 0 Å². The van der Waals surface area contributed by atoms with E-state index in [1.807, 2.05) is 13.0 Å². The van der Waals surface area contributed by atoms with Gasteiger partial charge in [-0.05, 0) is 42.1 Å². The molecule has 0 aliphatic carbocycles. The molecule has 0 bridgehead atoms. The monoisotopic (exact) mass is 413 g/mol. The van der Waals surface area contributed by atoms with Gasteiger partial charge in [-0.2, -0.15) is 9.57 Å². The molecule has 1 aromatic carbocycles. The molecule has 9 heteroatoms. The number of rotatable bonds is 4. The average Bonchev–Trinajstić information content (AvgIpc) is 3.37. The Kier molecular flexibility index (Phi) is 4.93. The number of imidazole rings is 1. The third-order valence-corrected chi connectivity index (χ3v) is 8.16. The minimum Gasteiger partial charge on any atom is -0.364 e. The lowest BCUT2D eigenvalue weighted by Gasteiger charge is -2.29. The number of H-pyrrole nitrogens is 1. The van der Waals surface area contributed by atoms with Crippen LogP contribution in [-0.4, -0.2) is 35.3 Å². The number of nitrogens with zero attached hydrogens (tertiary/aromatic N) is 4. The van der Waals surface area contributed by atoms with Gasteiger partial charge in [0.2, 0.25) is 0 Å². The van der Waals surface area contributed by atoms with Gasteiger partial charge in [-0.15, -0.1) is 11.3 Å². The summed E-state index contributed by atoms with van der Waals surface area (Å²) in [6.07, 6.45) is 3.39. The highest BCUT2D eigenvalue weighted by Gasteiger charge is 2.34. The normalized spacial score (nSPS) is 17.7. The van der Waals surface area contributed by atoms with Gasteiger partial charge in [0.15, 0.2) is 0 Å². The van der Waals surface area contributed by atoms with Gasteiger partial charge < -0.3 is 9.88 Å². The second kappa shape index (κ2) is 7.39. The van der Waals surface area contributed by atoms with Crippen LogP contribution in [0.5, 0.6) is 0 Å². The van der Waals surface area contributed by atoms with Gasteiger partial charge >= 0.3 is 0 Å². The number of sulfonamides is 1. The number of aromatic nitrogens is 2. The van der Waals surface area contributed by atoms with Crippen molar-refractivity contribution in [1.29, 1.82) is 5.26 Å². The number of fused-ring (bicyclic) bond motifs is 1. The number of hydrogen-bond acceptors (Lipinski definition) is 6. The van der Waals surface area contributed by atoms with Crippen LogP contribution in [0, 0.1) is 11.3 Å². The Morgan fingerprint density at radius 1 is 1.39 bits per heavy atom. The Labute approximate surface area is 167 Å². The molecule has 0 fully saturated rings. The number of aromatic amines is 1. The molecule has 0 amide bonds. The maximum atomic E-state index is 13.2. The van der Waals surface area contributed by atoms with Gasteiger partial charge in [-0.1, -0.05) is 6.07 Å². The van der Waals surface area contributed by atoms with Crippen molar-refractivity contribution in [2.75, 3.05) is 11.4 Å². The largest absolute Gasteiger partial charge is 0.364 e. The number of anilines is 1. The molecule has 0 unspecified atom stereocenters. The zero-order valence-corrected chi connectivity index (χ0v) is 16.9. The van der Waals surface area contributed by atoms with Gasteiger partial charge in [0, 0.05) is 31.0 Å². The quantitative estimate of drug-likeness (QED) is 0.710. The van der Waals surface area contributed by atoms with Crippen LogP contribution in [0.15, 0.2) is 52.4 Å². The molecule has 28 heavy (non-hydrogen) atoms. The molecule has 7 nitrogen and oxygen atoms in total. The molecule has 0 radical (unpaired) electrons. The number of hydrogen-bond donors (Lipinski definition) is 1. The lowest BCUT2D eigenvalue weighted by atomic mass is 10.1. The molecule has 3 aromatic rings. The Balaban J connectivity index is 1.77. The molecule has 0 spiro atoms. The third-order valence-electron chi connectivity index (χ3n) is 4.83. The molecule has 1 aliphatic rings. The fourth-order valence-electron chi connectivity index (χ4n) is 3.50. The van der Waals surface area contributed by atoms with E-state index in [0.717, 1.165) is 16.9 Å². The fourth-order valence-corrected chi connectivity index (χ4v) is 6.22. The third kappa shape index (κ3) is 3.42. The molecule has 0 saturated heterocycles. The van der Waals surface area contributed by atoms with Crippen molar-refractivity contribution in [3.8, 4) is 6.07 Å². The molecule has 1 N–H and O–H groups in total. The van der Waals surface area contributed by atoms with Crippen LogP contribution in [0.3, 0.4) is 0 Å². The van der Waals surface area contributed by atoms with Crippen molar-refractivity contribution < 1.29 is 8.42 Å². The van der Waals surface area contributed by atoms with Gasteiger partial charge in [0.05, 0.1) is 30.2 Å². The number of nitrogens with one attached hydrogen (secondary N) is 1. The summed E-state index contributed by atoms with van der Waals surface area (Å²) in [6, 6.07) is 10.7. The Hall–Kier alpha value is -2.67. The zero-order valence-electron chi connectivity index (χ0n) is 15.2. The van der Waals surface area contributed by atoms with Crippen LogP contribution in [0.2, 0.25) is 0 Å². The van der Waals surface area contributed by atoms with Crippen molar-refractivity contribution >= 4 is 27.0 Å². The predicted octanol–water partition coefficient (Wildman–Crippen LogP) is 2.94. The van der Waals surface area contributed by atoms with E-state index in [4.69, 9.17) is 0 Å². The van der Waals surface area contributed by atoms with Crippen LogP contribution in [0.1, 0.15) is 23.7 Å². The minimum absolute atomic E-state index is 0.228. The van der Waals surface area contributed by atoms with E-state index in [9.17, 15) is 13.7 Å². The number of benzene rings is 1. The molecular weight excluding hydrogens is 394 g/mol. The highest BCUT2D eigenvalue weighted by molar-refractivity contribution is 7.91. The maximum absolute atomic E-state index is 13.2. The summed E-state index contributed by atoms with van der Waals surface area (Å²) in [4.78, 5) is 9.31. The second-order valence-electron chi connectivity index (χ2n) is 6.74. The van der Waals surface area contributed by atoms with Crippen molar-refractivity contribution in [3.05, 3.63) is 65.1 Å². The second-order valence-corrected chi connectivity index (χ2v) is 9.81. The fraction of sp³-hybridized carbons (Fsp3) is 0.263. The summed E-state index contributed by atoms with van der Waals surface area (Å²) in [5, 5.41) is 11.1. The molecular formula is C19H19N5O2S2. The van der Waals surface area contributed by atoms with Gasteiger partial charge in [-0.25, -0.2) is 13.4 Å². The van der Waals surface area contributed by atoms with E-state index < -0.39 is 10.0 Å². The minimum atomic E-state index is -3.62. The predicted molar refractivity (Wildman–Crippen MR) is 107 cm³/mol. The van der Waals surface area contributed by atoms with Crippen LogP contribution in [0.25, 0.3) is 0 Å². The molecule has 0 saturated carbocycles. The zero-order chi connectivity index (χ0) is 19.7. The first-order chi connectivity index (χ1) is 13.5. The lowest BCUT2D eigenvalue weighted by Crippen LogP contribution is -2.42. The highest BCUT2D eigenvalue weighted by atomic mass is 32.2. The van der Waals surface area contributed by atoms with Gasteiger partial charge in [0.1, 0.15) is 4.21 Å². The first-order valence-corrected chi connectivity index (χ1v) is 11.1. The summed E-state index contributed by atoms with van der Waals surface area (Å²) in [5.41, 5.74) is 3.22.